The van der Waals surface area contributed by atoms with E-state index < -0.39 is 5.97 Å². The van der Waals surface area contributed by atoms with Crippen molar-refractivity contribution in [2.45, 2.75) is 27.2 Å². The Balaban J connectivity index is 2.01. The van der Waals surface area contributed by atoms with Crippen LogP contribution in [0.25, 0.3) is 0 Å². The number of anilines is 1. The van der Waals surface area contributed by atoms with Crippen molar-refractivity contribution >= 4 is 23.3 Å². The first-order valence-electron chi connectivity index (χ1n) is 8.81. The number of carboxylic acid groups (broad SMARTS) is 1. The predicted octanol–water partition coefficient (Wildman–Crippen LogP) is 1.56. The first-order valence-corrected chi connectivity index (χ1v) is 8.81. The molecule has 7 heteroatoms. The van der Waals surface area contributed by atoms with Crippen molar-refractivity contribution < 1.29 is 19.4 Å². The number of benzene rings is 2. The van der Waals surface area contributed by atoms with Crippen molar-refractivity contribution in [3.8, 4) is 5.75 Å². The summed E-state index contributed by atoms with van der Waals surface area (Å²) in [4.78, 5) is 23.0. The van der Waals surface area contributed by atoms with Gasteiger partial charge in [0.1, 0.15) is 5.75 Å². The normalized spacial score (nSPS) is 11.1. The van der Waals surface area contributed by atoms with Crippen molar-refractivity contribution in [1.29, 1.82) is 0 Å². The van der Waals surface area contributed by atoms with Crippen LogP contribution in [0.5, 0.6) is 5.75 Å². The number of carbonyl (C=O) groups excluding carboxylic acids is 2. The van der Waals surface area contributed by atoms with E-state index in [4.69, 9.17) is 4.74 Å². The van der Waals surface area contributed by atoms with E-state index in [1.165, 1.54) is 7.11 Å². The summed E-state index contributed by atoms with van der Waals surface area (Å²) >= 11 is 0. The molecule has 0 saturated carbocycles. The van der Waals surface area contributed by atoms with Crippen LogP contribution in [0.15, 0.2) is 41.5 Å². The molecule has 2 rings (SSSR count). The number of aliphatic carboxylic acids is 1. The van der Waals surface area contributed by atoms with Crippen molar-refractivity contribution in [3.05, 3.63) is 58.7 Å². The largest absolute Gasteiger partial charge is 0.550 e. The summed E-state index contributed by atoms with van der Waals surface area (Å²) in [5, 5.41) is 18.1. The zero-order valence-electron chi connectivity index (χ0n) is 16.5. The number of rotatable bonds is 8. The van der Waals surface area contributed by atoms with Crippen LogP contribution >= 0.6 is 0 Å². The molecule has 7 nitrogen and oxygen atoms in total. The lowest BCUT2D eigenvalue weighted by Gasteiger charge is -2.12. The molecule has 0 aliphatic carbocycles. The van der Waals surface area contributed by atoms with Gasteiger partial charge in [-0.15, -0.1) is 0 Å². The standard InChI is InChI=1S/C21H25N3O4/c1-13-5-7-18(14(2)9-13)22-12-20(25)24-23-15(3)16-6-8-19(28-4)17(10-16)11-21(26)27/h5-10,22H,11-12H2,1-4H3,(H,24,25)(H,26,27)/p-1/b23-15-. The highest BCUT2D eigenvalue weighted by molar-refractivity contribution is 5.99. The fraction of sp³-hybridized carbons (Fsp3) is 0.286. The molecule has 1 amide bonds. The molecule has 0 bridgehead atoms. The molecule has 0 aromatic heterocycles. The zero-order chi connectivity index (χ0) is 20.7. The minimum Gasteiger partial charge on any atom is -0.550 e. The van der Waals surface area contributed by atoms with Gasteiger partial charge in [-0.05, 0) is 56.2 Å². The number of aryl methyl sites for hydroxylation is 2. The molecule has 0 aliphatic heterocycles. The summed E-state index contributed by atoms with van der Waals surface area (Å²) in [6, 6.07) is 11.0. The second-order valence-corrected chi connectivity index (χ2v) is 6.48. The zero-order valence-corrected chi connectivity index (χ0v) is 16.5. The van der Waals surface area contributed by atoms with Gasteiger partial charge >= 0.3 is 0 Å². The summed E-state index contributed by atoms with van der Waals surface area (Å²) in [7, 11) is 1.47. The molecule has 0 aliphatic rings. The quantitative estimate of drug-likeness (QED) is 0.533. The fourth-order valence-electron chi connectivity index (χ4n) is 2.74. The first-order chi connectivity index (χ1) is 13.3. The number of methoxy groups -OCH3 is 1. The molecule has 0 unspecified atom stereocenters. The van der Waals surface area contributed by atoms with Crippen LogP contribution in [-0.2, 0) is 16.0 Å². The van der Waals surface area contributed by atoms with Crippen molar-refractivity contribution in [1.82, 2.24) is 5.43 Å². The average Bonchev–Trinajstić information content (AvgIpc) is 2.64. The SMILES string of the molecule is COc1ccc(/C(C)=N\NC(=O)CNc2ccc(C)cc2C)cc1CC(=O)[O-]. The van der Waals surface area contributed by atoms with E-state index in [9.17, 15) is 14.7 Å². The number of nitrogens with zero attached hydrogens (tertiary/aromatic N) is 1. The molecule has 2 aromatic carbocycles. The molecule has 0 radical (unpaired) electrons. The summed E-state index contributed by atoms with van der Waals surface area (Å²) in [6.45, 7) is 5.80. The Hall–Kier alpha value is -3.35. The highest BCUT2D eigenvalue weighted by Crippen LogP contribution is 2.21. The third-order valence-electron chi connectivity index (χ3n) is 4.20. The van der Waals surface area contributed by atoms with Crippen LogP contribution in [0, 0.1) is 13.8 Å². The number of hydrogen-bond donors (Lipinski definition) is 2. The monoisotopic (exact) mass is 382 g/mol. The third-order valence-corrected chi connectivity index (χ3v) is 4.20. The molecule has 2 aromatic rings. The Bertz CT molecular complexity index is 907. The summed E-state index contributed by atoms with van der Waals surface area (Å²) in [5.74, 6) is -1.03. The van der Waals surface area contributed by atoms with Crippen molar-refractivity contribution in [2.24, 2.45) is 5.10 Å². The lowest BCUT2D eigenvalue weighted by atomic mass is 10.0. The van der Waals surface area contributed by atoms with Gasteiger partial charge in [-0.2, -0.15) is 5.10 Å². The first kappa shape index (κ1) is 21.0. The molecule has 0 fully saturated rings. The Morgan fingerprint density at radius 3 is 2.54 bits per heavy atom. The topological polar surface area (TPSA) is 103 Å². The number of hydrogen-bond acceptors (Lipinski definition) is 6. The van der Waals surface area contributed by atoms with Crippen LogP contribution in [0.4, 0.5) is 5.69 Å². The maximum atomic E-state index is 12.1. The Morgan fingerprint density at radius 2 is 1.89 bits per heavy atom. The maximum Gasteiger partial charge on any atom is 0.259 e. The lowest BCUT2D eigenvalue weighted by molar-refractivity contribution is -0.304. The third kappa shape index (κ3) is 5.84. The second kappa shape index (κ2) is 9.55. The van der Waals surface area contributed by atoms with E-state index in [1.54, 1.807) is 25.1 Å². The summed E-state index contributed by atoms with van der Waals surface area (Å²) in [5.41, 5.74) is 7.32. The van der Waals surface area contributed by atoms with Gasteiger partial charge in [-0.25, -0.2) is 5.43 Å². The maximum absolute atomic E-state index is 12.1. The highest BCUT2D eigenvalue weighted by Gasteiger charge is 2.08. The van der Waals surface area contributed by atoms with Crippen LogP contribution in [0.2, 0.25) is 0 Å². The van der Waals surface area contributed by atoms with E-state index in [-0.39, 0.29) is 18.9 Å². The van der Waals surface area contributed by atoms with Gasteiger partial charge < -0.3 is 20.0 Å². The molecule has 0 spiro atoms. The van der Waals surface area contributed by atoms with Gasteiger partial charge in [0.15, 0.2) is 0 Å². The molecule has 0 heterocycles. The molecule has 28 heavy (non-hydrogen) atoms. The Morgan fingerprint density at radius 1 is 1.14 bits per heavy atom. The van der Waals surface area contributed by atoms with Gasteiger partial charge in [-0.1, -0.05) is 17.7 Å². The number of carboxylic acids is 1. The minimum absolute atomic E-state index is 0.0826. The number of amides is 1. The summed E-state index contributed by atoms with van der Waals surface area (Å²) < 4.78 is 5.16. The van der Waals surface area contributed by atoms with Crippen LogP contribution in [0.1, 0.15) is 29.2 Å². The molecule has 2 N–H and O–H groups in total. The Kier molecular flexibility index (Phi) is 7.14. The molecule has 148 valence electrons. The van der Waals surface area contributed by atoms with Crippen LogP contribution in [-0.4, -0.2) is 31.2 Å². The van der Waals surface area contributed by atoms with Crippen LogP contribution in [0.3, 0.4) is 0 Å². The minimum atomic E-state index is -1.20. The van der Waals surface area contributed by atoms with E-state index in [0.29, 0.717) is 22.6 Å². The van der Waals surface area contributed by atoms with Gasteiger partial charge in [-0.3, -0.25) is 4.79 Å². The van der Waals surface area contributed by atoms with Crippen molar-refractivity contribution in [2.75, 3.05) is 19.0 Å². The van der Waals surface area contributed by atoms with Gasteiger partial charge in [0.25, 0.3) is 5.91 Å². The molecule has 0 saturated heterocycles. The van der Waals surface area contributed by atoms with Gasteiger partial charge in [0, 0.05) is 23.6 Å². The number of ether oxygens (including phenoxy) is 1. The van der Waals surface area contributed by atoms with Crippen LogP contribution < -0.4 is 20.6 Å². The van der Waals surface area contributed by atoms with E-state index in [0.717, 1.165) is 16.8 Å². The smallest absolute Gasteiger partial charge is 0.259 e. The van der Waals surface area contributed by atoms with E-state index in [2.05, 4.69) is 15.8 Å². The van der Waals surface area contributed by atoms with E-state index >= 15 is 0 Å². The molecule has 0 atom stereocenters. The average molecular weight is 382 g/mol. The second-order valence-electron chi connectivity index (χ2n) is 6.48. The van der Waals surface area contributed by atoms with Gasteiger partial charge in [0.05, 0.1) is 19.4 Å². The predicted molar refractivity (Wildman–Crippen MR) is 106 cm³/mol. The Labute approximate surface area is 164 Å². The number of carbonyl (C=O) groups is 2. The molecular formula is C21H24N3O4-. The van der Waals surface area contributed by atoms with E-state index in [1.807, 2.05) is 32.0 Å². The highest BCUT2D eigenvalue weighted by atomic mass is 16.5. The number of nitrogens with one attached hydrogen (secondary N) is 2. The van der Waals surface area contributed by atoms with Gasteiger partial charge in [0.2, 0.25) is 0 Å². The lowest BCUT2D eigenvalue weighted by Crippen LogP contribution is -2.27. The fourth-order valence-corrected chi connectivity index (χ4v) is 2.74. The number of hydrazone groups is 1. The summed E-state index contributed by atoms with van der Waals surface area (Å²) in [6.07, 6.45) is -0.267. The van der Waals surface area contributed by atoms with Crippen molar-refractivity contribution in [3.63, 3.8) is 0 Å². The molecular weight excluding hydrogens is 358 g/mol.